The largest absolute Gasteiger partial charge is 0.456 e. The molecule has 0 heterocycles. The molecule has 2 unspecified atom stereocenters. The molecule has 4 aliphatic rings. The van der Waals surface area contributed by atoms with Gasteiger partial charge in [0.1, 0.15) is 5.60 Å². The summed E-state index contributed by atoms with van der Waals surface area (Å²) >= 11 is 0. The Balaban J connectivity index is 1.23. The Hall–Kier alpha value is -3.97. The number of rotatable bonds is 4. The summed E-state index contributed by atoms with van der Waals surface area (Å²) in [5.41, 5.74) is 1.16. The van der Waals surface area contributed by atoms with Crippen LogP contribution in [-0.4, -0.2) is 41.2 Å². The molecule has 0 aromatic heterocycles. The predicted molar refractivity (Wildman–Crippen MR) is 182 cm³/mol. The van der Waals surface area contributed by atoms with Gasteiger partial charge in [0.05, 0.1) is 6.54 Å². The van der Waals surface area contributed by atoms with E-state index in [1.807, 2.05) is 36.4 Å². The van der Waals surface area contributed by atoms with Crippen molar-refractivity contribution in [2.45, 2.75) is 102 Å². The number of benzene rings is 2. The lowest BCUT2D eigenvalue weighted by atomic mass is 9.50. The highest BCUT2D eigenvalue weighted by molar-refractivity contribution is 5.93. The number of carbonyl (C=O) groups is 2. The van der Waals surface area contributed by atoms with E-state index in [2.05, 4.69) is 43.2 Å². The van der Waals surface area contributed by atoms with Crippen LogP contribution in [-0.2, 0) is 10.2 Å². The van der Waals surface area contributed by atoms with Crippen molar-refractivity contribution in [1.29, 1.82) is 0 Å². The third kappa shape index (κ3) is 6.16. The van der Waals surface area contributed by atoms with Crippen LogP contribution in [0.1, 0.15) is 95.2 Å². The van der Waals surface area contributed by atoms with E-state index in [0.717, 1.165) is 27.8 Å². The van der Waals surface area contributed by atoms with E-state index in [1.54, 1.807) is 18.2 Å². The van der Waals surface area contributed by atoms with Crippen molar-refractivity contribution >= 4 is 17.5 Å². The number of alkyl halides is 5. The van der Waals surface area contributed by atoms with Crippen molar-refractivity contribution in [2.24, 2.45) is 17.3 Å². The van der Waals surface area contributed by atoms with Crippen LogP contribution < -0.4 is 10.6 Å². The molecule has 5 atom stereocenters. The minimum absolute atomic E-state index is 0.00409. The fraction of sp³-hybridized carbons (Fsp3) is 0.500. The molecule has 50 heavy (non-hydrogen) atoms. The second-order valence-corrected chi connectivity index (χ2v) is 15.5. The molecule has 2 saturated carbocycles. The molecule has 0 saturated heterocycles. The maximum atomic E-state index is 15.2. The van der Waals surface area contributed by atoms with Gasteiger partial charge in [0.2, 0.25) is 0 Å². The molecule has 2 amide bonds. The summed E-state index contributed by atoms with van der Waals surface area (Å²) < 4.78 is 72.0. The van der Waals surface area contributed by atoms with Gasteiger partial charge >= 0.3 is 18.1 Å². The van der Waals surface area contributed by atoms with Crippen LogP contribution in [0.15, 0.2) is 71.3 Å². The molecule has 0 radical (unpaired) electrons. The van der Waals surface area contributed by atoms with Crippen LogP contribution >= 0.6 is 0 Å². The number of allylic oxidation sites excluding steroid dienone is 4. The summed E-state index contributed by atoms with van der Waals surface area (Å²) in [4.78, 5) is 24.7. The average molecular weight is 695 g/mol. The molecule has 4 aliphatic carbocycles. The third-order valence-electron chi connectivity index (χ3n) is 11.7. The Morgan fingerprint density at radius 2 is 1.64 bits per heavy atom. The van der Waals surface area contributed by atoms with Crippen molar-refractivity contribution in [3.63, 3.8) is 0 Å². The molecule has 2 aromatic rings. The van der Waals surface area contributed by atoms with Gasteiger partial charge in [-0.2, -0.15) is 22.0 Å². The molecule has 6 rings (SSSR count). The summed E-state index contributed by atoms with van der Waals surface area (Å²) in [6.07, 6.45) is -3.00. The number of carbonyl (C=O) groups excluding carboxylic acids is 2. The Morgan fingerprint density at radius 1 is 0.960 bits per heavy atom. The molecule has 266 valence electrons. The van der Waals surface area contributed by atoms with E-state index in [1.165, 1.54) is 6.92 Å². The van der Waals surface area contributed by atoms with Gasteiger partial charge in [-0.25, -0.2) is 4.79 Å². The predicted octanol–water partition coefficient (Wildman–Crippen LogP) is 8.99. The first-order valence-corrected chi connectivity index (χ1v) is 17.2. The first-order valence-electron chi connectivity index (χ1n) is 17.2. The van der Waals surface area contributed by atoms with Crippen molar-refractivity contribution in [1.82, 2.24) is 5.32 Å². The Bertz CT molecular complexity index is 1790. The van der Waals surface area contributed by atoms with E-state index >= 15 is 8.78 Å². The smallest absolute Gasteiger partial charge is 0.383 e. The van der Waals surface area contributed by atoms with E-state index in [9.17, 15) is 27.9 Å². The number of nitrogens with one attached hydrogen (secondary N) is 2. The third-order valence-corrected chi connectivity index (χ3v) is 11.7. The number of halogens is 5. The highest BCUT2D eigenvalue weighted by Crippen LogP contribution is 2.70. The average Bonchev–Trinajstić information content (AvgIpc) is 3.33. The number of hydrogen-bond donors (Lipinski definition) is 3. The van der Waals surface area contributed by atoms with Crippen LogP contribution in [0.4, 0.5) is 32.4 Å². The summed E-state index contributed by atoms with van der Waals surface area (Å²) in [5, 5.41) is 16.9. The standard InChI is InChI=1S/C40H43F5N2O3/c1-36(2,3)27-12-14-28(15-13-27)47-35(49)46-21-5-6-24-7-9-25(10-8-24)32-23-37(4)33(19-20-38(37,50)39(41,42)40(43,44)45)31-17-11-26-22-29(48)16-18-30(26)34(31)32/h7-10,12-15,22,31-33,50H,11,16-21,23H2,1-4H3,(H2,46,47,49)/t31?,32-,33?,37+,38+/m1/s1. The number of hydrogen-bond acceptors (Lipinski definition) is 3. The Morgan fingerprint density at radius 3 is 2.28 bits per heavy atom. The van der Waals surface area contributed by atoms with Gasteiger partial charge in [-0.1, -0.05) is 69.4 Å². The topological polar surface area (TPSA) is 78.4 Å². The van der Waals surface area contributed by atoms with Crippen LogP contribution in [0.5, 0.6) is 0 Å². The maximum Gasteiger partial charge on any atom is 0.456 e. The molecule has 5 nitrogen and oxygen atoms in total. The van der Waals surface area contributed by atoms with Crippen molar-refractivity contribution in [3.05, 3.63) is 88.0 Å². The molecular formula is C40H43F5N2O3. The number of ketones is 1. The van der Waals surface area contributed by atoms with Crippen molar-refractivity contribution in [3.8, 4) is 11.8 Å². The molecule has 2 fully saturated rings. The number of urea groups is 1. The second-order valence-electron chi connectivity index (χ2n) is 15.5. The van der Waals surface area contributed by atoms with E-state index in [0.29, 0.717) is 36.9 Å². The second kappa shape index (κ2) is 12.7. The summed E-state index contributed by atoms with van der Waals surface area (Å²) in [7, 11) is 0. The van der Waals surface area contributed by atoms with Gasteiger partial charge in [-0.05, 0) is 108 Å². The number of anilines is 1. The first kappa shape index (κ1) is 35.8. The van der Waals surface area contributed by atoms with Crippen molar-refractivity contribution in [2.75, 3.05) is 11.9 Å². The SMILES string of the molecule is CC(C)(C)c1ccc(NC(=O)NCC#Cc2ccc([C@H]3C[C@@]4(C)C(CC[C@@]4(O)C(F)(F)C(F)(F)F)C4CCC5=CC(=O)CCC5=C43)cc2)cc1. The molecule has 0 spiro atoms. The fourth-order valence-corrected chi connectivity index (χ4v) is 9.01. The number of amides is 2. The fourth-order valence-electron chi connectivity index (χ4n) is 9.01. The Kier molecular flexibility index (Phi) is 9.08. The lowest BCUT2D eigenvalue weighted by Crippen LogP contribution is -2.65. The quantitative estimate of drug-likeness (QED) is 0.221. The molecule has 0 aliphatic heterocycles. The van der Waals surface area contributed by atoms with Crippen LogP contribution in [0, 0.1) is 29.1 Å². The molecular weight excluding hydrogens is 651 g/mol. The number of fused-ring (bicyclic) bond motifs is 4. The van der Waals surface area contributed by atoms with Gasteiger partial charge in [0.25, 0.3) is 0 Å². The van der Waals surface area contributed by atoms with Gasteiger partial charge in [-0.15, -0.1) is 0 Å². The van der Waals surface area contributed by atoms with Gasteiger partial charge in [-0.3, -0.25) is 4.79 Å². The molecule has 2 aromatic carbocycles. The molecule has 3 N–H and O–H groups in total. The lowest BCUT2D eigenvalue weighted by Gasteiger charge is -2.56. The zero-order valence-corrected chi connectivity index (χ0v) is 28.7. The lowest BCUT2D eigenvalue weighted by molar-refractivity contribution is -0.362. The van der Waals surface area contributed by atoms with Crippen LogP contribution in [0.2, 0.25) is 0 Å². The Labute approximate surface area is 289 Å². The van der Waals surface area contributed by atoms with Gasteiger partial charge in [0, 0.05) is 29.0 Å². The summed E-state index contributed by atoms with van der Waals surface area (Å²) in [6.45, 7) is 7.82. The van der Waals surface area contributed by atoms with E-state index < -0.39 is 47.4 Å². The number of aliphatic hydroxyl groups is 1. The highest BCUT2D eigenvalue weighted by atomic mass is 19.4. The first-order chi connectivity index (χ1) is 23.4. The zero-order valence-electron chi connectivity index (χ0n) is 28.7. The highest BCUT2D eigenvalue weighted by Gasteiger charge is 2.79. The normalized spacial score (nSPS) is 28.1. The van der Waals surface area contributed by atoms with E-state index in [-0.39, 0.29) is 36.5 Å². The summed E-state index contributed by atoms with van der Waals surface area (Å²) in [6, 6.07) is 14.4. The van der Waals surface area contributed by atoms with Gasteiger partial charge < -0.3 is 15.7 Å². The molecule has 0 bridgehead atoms. The summed E-state index contributed by atoms with van der Waals surface area (Å²) in [5.74, 6) is -0.695. The van der Waals surface area contributed by atoms with Crippen molar-refractivity contribution < 1.29 is 36.6 Å². The minimum Gasteiger partial charge on any atom is -0.383 e. The van der Waals surface area contributed by atoms with Crippen LogP contribution in [0.3, 0.4) is 0 Å². The minimum atomic E-state index is -5.90. The molecule has 10 heteroatoms. The van der Waals surface area contributed by atoms with Crippen LogP contribution in [0.25, 0.3) is 0 Å². The van der Waals surface area contributed by atoms with Gasteiger partial charge in [0.15, 0.2) is 5.78 Å². The van der Waals surface area contributed by atoms with E-state index in [4.69, 9.17) is 0 Å². The maximum absolute atomic E-state index is 15.2. The zero-order chi connectivity index (χ0) is 36.3. The monoisotopic (exact) mass is 694 g/mol.